The van der Waals surface area contributed by atoms with E-state index in [0.717, 1.165) is 64.7 Å². The lowest BCUT2D eigenvalue weighted by molar-refractivity contribution is 0.0999. The van der Waals surface area contributed by atoms with E-state index in [9.17, 15) is 4.79 Å². The van der Waals surface area contributed by atoms with Crippen molar-refractivity contribution in [1.82, 2.24) is 14.5 Å². The third-order valence-electron chi connectivity index (χ3n) is 6.01. The van der Waals surface area contributed by atoms with E-state index in [2.05, 4.69) is 21.7 Å². The molecule has 0 aliphatic rings. The molecule has 0 saturated carbocycles. The van der Waals surface area contributed by atoms with E-state index in [0.29, 0.717) is 24.4 Å². The zero-order valence-electron chi connectivity index (χ0n) is 18.6. The lowest BCUT2D eigenvalue weighted by Crippen LogP contribution is -2.13. The van der Waals surface area contributed by atoms with Crippen LogP contribution in [0.15, 0.2) is 42.5 Å². The molecule has 0 unspecified atom stereocenters. The van der Waals surface area contributed by atoms with Crippen LogP contribution in [0.5, 0.6) is 0 Å². The van der Waals surface area contributed by atoms with Gasteiger partial charge in [0.1, 0.15) is 11.3 Å². The van der Waals surface area contributed by atoms with E-state index in [1.54, 1.807) is 13.2 Å². The molecule has 0 fully saturated rings. The van der Waals surface area contributed by atoms with Gasteiger partial charge >= 0.3 is 0 Å². The highest BCUT2D eigenvalue weighted by molar-refractivity contribution is 6.06. The van der Waals surface area contributed by atoms with Crippen LogP contribution in [0.4, 0.5) is 5.82 Å². The predicted octanol–water partition coefficient (Wildman–Crippen LogP) is 3.79. The van der Waals surface area contributed by atoms with Crippen LogP contribution < -0.4 is 11.5 Å². The number of anilines is 1. The van der Waals surface area contributed by atoms with E-state index in [4.69, 9.17) is 21.2 Å². The van der Waals surface area contributed by atoms with Gasteiger partial charge in [0.05, 0.1) is 17.6 Å². The van der Waals surface area contributed by atoms with Gasteiger partial charge in [-0.05, 0) is 49.4 Å². The van der Waals surface area contributed by atoms with Gasteiger partial charge in [-0.3, -0.25) is 4.79 Å². The second-order valence-electron chi connectivity index (χ2n) is 8.04. The topological polar surface area (TPSA) is 109 Å². The summed E-state index contributed by atoms with van der Waals surface area (Å²) < 4.78 is 7.57. The SMILES string of the molecule is COCCc1nc2c(N)nc3ccccc3c2n1CCCCc1cccc(C(N)=O)c1C. The van der Waals surface area contributed by atoms with Crippen LogP contribution in [-0.2, 0) is 24.1 Å². The van der Waals surface area contributed by atoms with Gasteiger partial charge in [-0.1, -0.05) is 30.3 Å². The molecule has 0 bridgehead atoms. The van der Waals surface area contributed by atoms with E-state index in [-0.39, 0.29) is 5.91 Å². The molecule has 32 heavy (non-hydrogen) atoms. The third-order valence-corrected chi connectivity index (χ3v) is 6.01. The monoisotopic (exact) mass is 431 g/mol. The van der Waals surface area contributed by atoms with Crippen molar-refractivity contribution in [3.8, 4) is 0 Å². The second-order valence-corrected chi connectivity index (χ2v) is 8.04. The number of aromatic nitrogens is 3. The summed E-state index contributed by atoms with van der Waals surface area (Å²) in [6.45, 7) is 3.37. The number of nitrogen functional groups attached to an aromatic ring is 1. The lowest BCUT2D eigenvalue weighted by Gasteiger charge is -2.12. The lowest BCUT2D eigenvalue weighted by atomic mass is 9.98. The first-order valence-corrected chi connectivity index (χ1v) is 10.9. The number of pyridine rings is 1. The van der Waals surface area contributed by atoms with Crippen LogP contribution in [-0.4, -0.2) is 34.2 Å². The number of amides is 1. The van der Waals surface area contributed by atoms with Crippen molar-refractivity contribution in [1.29, 1.82) is 0 Å². The Kier molecular flexibility index (Phi) is 6.37. The molecule has 0 saturated heterocycles. The summed E-state index contributed by atoms with van der Waals surface area (Å²) in [6, 6.07) is 13.8. The van der Waals surface area contributed by atoms with E-state index >= 15 is 0 Å². The van der Waals surface area contributed by atoms with E-state index in [1.165, 1.54) is 0 Å². The highest BCUT2D eigenvalue weighted by atomic mass is 16.5. The molecule has 7 heteroatoms. The van der Waals surface area contributed by atoms with E-state index < -0.39 is 0 Å². The number of ether oxygens (including phenoxy) is 1. The maximum atomic E-state index is 11.6. The minimum atomic E-state index is -0.380. The number of hydrogen-bond acceptors (Lipinski definition) is 5. The van der Waals surface area contributed by atoms with Crippen LogP contribution in [0.3, 0.4) is 0 Å². The number of methoxy groups -OCH3 is 1. The number of benzene rings is 2. The number of nitrogens with zero attached hydrogens (tertiary/aromatic N) is 3. The zero-order valence-corrected chi connectivity index (χ0v) is 18.6. The van der Waals surface area contributed by atoms with Crippen LogP contribution in [0.25, 0.3) is 21.9 Å². The molecule has 0 aliphatic heterocycles. The molecule has 1 amide bonds. The van der Waals surface area contributed by atoms with Crippen LogP contribution in [0.2, 0.25) is 0 Å². The Morgan fingerprint density at radius 1 is 1.06 bits per heavy atom. The molecule has 0 aliphatic carbocycles. The fourth-order valence-corrected chi connectivity index (χ4v) is 4.34. The van der Waals surface area contributed by atoms with Crippen molar-refractivity contribution in [3.05, 3.63) is 65.0 Å². The van der Waals surface area contributed by atoms with Gasteiger partial charge < -0.3 is 20.8 Å². The van der Waals surface area contributed by atoms with Crippen molar-refractivity contribution >= 4 is 33.7 Å². The average Bonchev–Trinajstić information content (AvgIpc) is 3.15. The fourth-order valence-electron chi connectivity index (χ4n) is 4.34. The molecule has 0 atom stereocenters. The number of hydrogen-bond donors (Lipinski definition) is 2. The molecule has 4 N–H and O–H groups in total. The number of fused-ring (bicyclic) bond motifs is 3. The van der Waals surface area contributed by atoms with Gasteiger partial charge in [-0.15, -0.1) is 0 Å². The number of para-hydroxylation sites is 1. The molecule has 4 aromatic rings. The maximum Gasteiger partial charge on any atom is 0.248 e. The van der Waals surface area contributed by atoms with Gasteiger partial charge in [-0.25, -0.2) is 9.97 Å². The van der Waals surface area contributed by atoms with Crippen molar-refractivity contribution in [2.24, 2.45) is 5.73 Å². The van der Waals surface area contributed by atoms with E-state index in [1.807, 2.05) is 31.2 Å². The number of nitrogens with two attached hydrogens (primary N) is 2. The maximum absolute atomic E-state index is 11.6. The molecule has 0 spiro atoms. The Balaban J connectivity index is 1.61. The van der Waals surface area contributed by atoms with Crippen molar-refractivity contribution in [3.63, 3.8) is 0 Å². The van der Waals surface area contributed by atoms with Crippen LogP contribution in [0.1, 0.15) is 40.2 Å². The summed E-state index contributed by atoms with van der Waals surface area (Å²) in [5.41, 5.74) is 17.1. The fraction of sp³-hybridized carbons (Fsp3) is 0.320. The predicted molar refractivity (Wildman–Crippen MR) is 128 cm³/mol. The highest BCUT2D eigenvalue weighted by Gasteiger charge is 2.17. The summed E-state index contributed by atoms with van der Waals surface area (Å²) in [7, 11) is 1.70. The van der Waals surface area contributed by atoms with Gasteiger partial charge in [0.2, 0.25) is 5.91 Å². The Morgan fingerprint density at radius 2 is 1.88 bits per heavy atom. The molecule has 0 radical (unpaired) electrons. The van der Waals surface area contributed by atoms with Gasteiger partial charge in [0, 0.05) is 31.0 Å². The minimum absolute atomic E-state index is 0.380. The summed E-state index contributed by atoms with van der Waals surface area (Å²) >= 11 is 0. The smallest absolute Gasteiger partial charge is 0.248 e. The molecule has 2 aromatic carbocycles. The number of primary amides is 1. The Morgan fingerprint density at radius 3 is 2.66 bits per heavy atom. The minimum Gasteiger partial charge on any atom is -0.384 e. The molecular formula is C25H29N5O2. The molecule has 166 valence electrons. The number of imidazole rings is 1. The number of carbonyl (C=O) groups is 1. The Bertz CT molecular complexity index is 1280. The first kappa shape index (κ1) is 21.8. The normalized spacial score (nSPS) is 11.4. The number of rotatable bonds is 9. The van der Waals surface area contributed by atoms with Crippen LogP contribution in [0, 0.1) is 6.92 Å². The number of unbranched alkanes of at least 4 members (excludes halogenated alkanes) is 1. The first-order valence-electron chi connectivity index (χ1n) is 10.9. The summed E-state index contributed by atoms with van der Waals surface area (Å²) in [5.74, 6) is 1.03. The quantitative estimate of drug-likeness (QED) is 0.392. The molecular weight excluding hydrogens is 402 g/mol. The first-order chi connectivity index (χ1) is 15.5. The molecule has 7 nitrogen and oxygen atoms in total. The van der Waals surface area contributed by atoms with Gasteiger partial charge in [-0.2, -0.15) is 0 Å². The zero-order chi connectivity index (χ0) is 22.7. The highest BCUT2D eigenvalue weighted by Crippen LogP contribution is 2.29. The summed E-state index contributed by atoms with van der Waals surface area (Å²) in [4.78, 5) is 21.0. The number of carbonyl (C=O) groups excluding carboxylic acids is 1. The molecule has 2 heterocycles. The second kappa shape index (κ2) is 9.36. The van der Waals surface area contributed by atoms with Crippen molar-refractivity contribution in [2.45, 2.75) is 39.2 Å². The Hall–Kier alpha value is -3.45. The van der Waals surface area contributed by atoms with Crippen molar-refractivity contribution in [2.75, 3.05) is 19.5 Å². The average molecular weight is 432 g/mol. The summed E-state index contributed by atoms with van der Waals surface area (Å²) in [5, 5.41) is 1.05. The van der Waals surface area contributed by atoms with Gasteiger partial charge in [0.25, 0.3) is 0 Å². The number of aryl methyl sites for hydroxylation is 2. The molecule has 4 rings (SSSR count). The molecule has 2 aromatic heterocycles. The Labute approximate surface area is 187 Å². The summed E-state index contributed by atoms with van der Waals surface area (Å²) in [6.07, 6.45) is 3.53. The standard InChI is InChI=1S/C25H29N5O2/c1-16-17(9-7-11-18(16)25(27)31)8-5-6-14-30-21(13-15-32-2)29-22-23(30)19-10-3-4-12-20(19)28-24(22)26/h3-4,7,9-12H,5-6,8,13-15H2,1-2H3,(H2,26,28)(H2,27,31). The third kappa shape index (κ3) is 4.16. The van der Waals surface area contributed by atoms with Crippen molar-refractivity contribution < 1.29 is 9.53 Å². The largest absolute Gasteiger partial charge is 0.384 e. The van der Waals surface area contributed by atoms with Crippen LogP contribution >= 0.6 is 0 Å². The van der Waals surface area contributed by atoms with Gasteiger partial charge in [0.15, 0.2) is 5.82 Å².